The third-order valence-corrected chi connectivity index (χ3v) is 5.77. The topological polar surface area (TPSA) is 12.0 Å². The second-order valence-electron chi connectivity index (χ2n) is 7.42. The lowest BCUT2D eigenvalue weighted by molar-refractivity contribution is 0.201. The van der Waals surface area contributed by atoms with Gasteiger partial charge in [-0.25, -0.2) is 0 Å². The number of likely N-dealkylation sites (N-methyl/N-ethyl adjacent to an activating group) is 1. The highest BCUT2D eigenvalue weighted by Crippen LogP contribution is 2.37. The minimum atomic E-state index is 0.668. The third kappa shape index (κ3) is 4.35. The molecule has 20 heavy (non-hydrogen) atoms. The van der Waals surface area contributed by atoms with Crippen LogP contribution in [-0.4, -0.2) is 13.1 Å². The first-order valence-electron chi connectivity index (χ1n) is 9.08. The van der Waals surface area contributed by atoms with Crippen LogP contribution in [0.4, 0.5) is 0 Å². The maximum atomic E-state index is 3.67. The maximum Gasteiger partial charge on any atom is 0.0305 e. The van der Waals surface area contributed by atoms with Crippen LogP contribution in [0.3, 0.4) is 0 Å². The molecule has 1 nitrogen and oxygen atoms in total. The van der Waals surface area contributed by atoms with Crippen LogP contribution in [0.15, 0.2) is 11.6 Å². The van der Waals surface area contributed by atoms with Gasteiger partial charge in [0.25, 0.3) is 0 Å². The molecule has 1 atom stereocenters. The lowest BCUT2D eigenvalue weighted by Gasteiger charge is -2.37. The zero-order valence-corrected chi connectivity index (χ0v) is 14.0. The number of nitrogens with one attached hydrogen (secondary N) is 1. The first-order chi connectivity index (χ1) is 9.72. The molecule has 0 spiro atoms. The van der Waals surface area contributed by atoms with Gasteiger partial charge in [0, 0.05) is 6.04 Å². The summed E-state index contributed by atoms with van der Waals surface area (Å²) in [5.74, 6) is 2.75. The van der Waals surface area contributed by atoms with Crippen LogP contribution in [0.1, 0.15) is 78.1 Å². The van der Waals surface area contributed by atoms with Crippen molar-refractivity contribution >= 4 is 0 Å². The lowest BCUT2D eigenvalue weighted by Crippen LogP contribution is -2.38. The number of rotatable bonds is 4. The number of hydrogen-bond donors (Lipinski definition) is 1. The molecule has 0 saturated heterocycles. The van der Waals surface area contributed by atoms with Crippen molar-refractivity contribution in [2.45, 2.75) is 84.1 Å². The summed E-state index contributed by atoms with van der Waals surface area (Å²) >= 11 is 0. The van der Waals surface area contributed by atoms with Gasteiger partial charge >= 0.3 is 0 Å². The van der Waals surface area contributed by atoms with Crippen molar-refractivity contribution in [1.82, 2.24) is 5.32 Å². The summed E-state index contributed by atoms with van der Waals surface area (Å²) < 4.78 is 0. The van der Waals surface area contributed by atoms with Gasteiger partial charge in [0.15, 0.2) is 0 Å². The van der Waals surface area contributed by atoms with E-state index in [1.807, 2.05) is 0 Å². The molecular formula is C19H35N. The quantitative estimate of drug-likeness (QED) is 0.686. The third-order valence-electron chi connectivity index (χ3n) is 5.77. The molecule has 1 N–H and O–H groups in total. The molecule has 1 fully saturated rings. The van der Waals surface area contributed by atoms with Gasteiger partial charge in [-0.2, -0.15) is 0 Å². The van der Waals surface area contributed by atoms with E-state index >= 15 is 0 Å². The highest BCUT2D eigenvalue weighted by molar-refractivity contribution is 5.13. The van der Waals surface area contributed by atoms with Crippen LogP contribution < -0.4 is 5.32 Å². The first kappa shape index (κ1) is 16.1. The van der Waals surface area contributed by atoms with E-state index in [0.29, 0.717) is 6.04 Å². The Kier molecular flexibility index (Phi) is 6.61. The Hall–Kier alpha value is -0.300. The van der Waals surface area contributed by atoms with Gasteiger partial charge in [-0.3, -0.25) is 0 Å². The molecule has 0 bridgehead atoms. The summed E-state index contributed by atoms with van der Waals surface area (Å²) in [6.45, 7) is 4.80. The molecule has 116 valence electrons. The summed E-state index contributed by atoms with van der Waals surface area (Å²) in [6, 6.07) is 0.668. The van der Waals surface area contributed by atoms with E-state index in [1.165, 1.54) is 64.2 Å². The molecule has 0 aliphatic heterocycles. The molecule has 1 saturated carbocycles. The van der Waals surface area contributed by atoms with Crippen molar-refractivity contribution in [2.75, 3.05) is 7.05 Å². The minimum absolute atomic E-state index is 0.668. The monoisotopic (exact) mass is 277 g/mol. The van der Waals surface area contributed by atoms with Gasteiger partial charge in [-0.05, 0) is 76.2 Å². The average Bonchev–Trinajstić information content (AvgIpc) is 2.42. The van der Waals surface area contributed by atoms with Gasteiger partial charge in [0.05, 0.1) is 0 Å². The largest absolute Gasteiger partial charge is 0.313 e. The molecule has 1 unspecified atom stereocenters. The fourth-order valence-electron chi connectivity index (χ4n) is 4.37. The van der Waals surface area contributed by atoms with E-state index in [9.17, 15) is 0 Å². The predicted molar refractivity (Wildman–Crippen MR) is 88.9 cm³/mol. The Morgan fingerprint density at radius 3 is 2.25 bits per heavy atom. The zero-order valence-electron chi connectivity index (χ0n) is 14.0. The van der Waals surface area contributed by atoms with Crippen molar-refractivity contribution in [3.8, 4) is 0 Å². The smallest absolute Gasteiger partial charge is 0.0305 e. The van der Waals surface area contributed by atoms with E-state index in [1.54, 1.807) is 5.57 Å². The van der Waals surface area contributed by atoms with Crippen LogP contribution in [0.25, 0.3) is 0 Å². The van der Waals surface area contributed by atoms with Gasteiger partial charge in [0.2, 0.25) is 0 Å². The molecule has 1 heteroatoms. The van der Waals surface area contributed by atoms with Crippen molar-refractivity contribution in [2.24, 2.45) is 17.8 Å². The highest BCUT2D eigenvalue weighted by Gasteiger charge is 2.29. The van der Waals surface area contributed by atoms with Crippen molar-refractivity contribution < 1.29 is 0 Å². The Morgan fingerprint density at radius 1 is 0.950 bits per heavy atom. The van der Waals surface area contributed by atoms with E-state index in [0.717, 1.165) is 17.8 Å². The molecule has 2 aliphatic carbocycles. The SMILES string of the molecule is CNC(C1=CCCCCCC1)C1CCC(C(C)C)CC1. The van der Waals surface area contributed by atoms with Crippen LogP contribution in [0.5, 0.6) is 0 Å². The van der Waals surface area contributed by atoms with Crippen LogP contribution >= 0.6 is 0 Å². The Morgan fingerprint density at radius 2 is 1.60 bits per heavy atom. The molecule has 0 aromatic heterocycles. The molecule has 2 aliphatic rings. The summed E-state index contributed by atoms with van der Waals surface area (Å²) in [6.07, 6.45) is 16.7. The lowest BCUT2D eigenvalue weighted by atomic mass is 9.72. The molecule has 0 aromatic rings. The van der Waals surface area contributed by atoms with Gasteiger partial charge in [0.1, 0.15) is 0 Å². The second kappa shape index (κ2) is 8.22. The summed E-state index contributed by atoms with van der Waals surface area (Å²) in [4.78, 5) is 0. The van der Waals surface area contributed by atoms with Gasteiger partial charge < -0.3 is 5.32 Å². The van der Waals surface area contributed by atoms with Gasteiger partial charge in [-0.15, -0.1) is 0 Å². The normalized spacial score (nSPS) is 30.5. The summed E-state index contributed by atoms with van der Waals surface area (Å²) in [5, 5.41) is 3.67. The Balaban J connectivity index is 1.94. The van der Waals surface area contributed by atoms with E-state index in [-0.39, 0.29) is 0 Å². The maximum absolute atomic E-state index is 3.67. The molecule has 0 radical (unpaired) electrons. The molecule has 0 heterocycles. The fraction of sp³-hybridized carbons (Fsp3) is 0.895. The van der Waals surface area contributed by atoms with E-state index in [2.05, 4.69) is 32.3 Å². The average molecular weight is 277 g/mol. The van der Waals surface area contributed by atoms with Crippen LogP contribution in [-0.2, 0) is 0 Å². The van der Waals surface area contributed by atoms with E-state index in [4.69, 9.17) is 0 Å². The molecule has 0 amide bonds. The van der Waals surface area contributed by atoms with E-state index < -0.39 is 0 Å². The van der Waals surface area contributed by atoms with Crippen molar-refractivity contribution in [3.63, 3.8) is 0 Å². The van der Waals surface area contributed by atoms with Crippen molar-refractivity contribution in [3.05, 3.63) is 11.6 Å². The first-order valence-corrected chi connectivity index (χ1v) is 9.08. The molecule has 0 aromatic carbocycles. The minimum Gasteiger partial charge on any atom is -0.313 e. The summed E-state index contributed by atoms with van der Waals surface area (Å²) in [7, 11) is 2.18. The Bertz CT molecular complexity index is 297. The van der Waals surface area contributed by atoms with Crippen molar-refractivity contribution in [1.29, 1.82) is 0 Å². The molecule has 2 rings (SSSR count). The number of hydrogen-bond acceptors (Lipinski definition) is 1. The Labute approximate surface area is 126 Å². The second-order valence-corrected chi connectivity index (χ2v) is 7.42. The zero-order chi connectivity index (χ0) is 14.4. The number of allylic oxidation sites excluding steroid dienone is 1. The van der Waals surface area contributed by atoms with Crippen LogP contribution in [0.2, 0.25) is 0 Å². The van der Waals surface area contributed by atoms with Crippen LogP contribution in [0, 0.1) is 17.8 Å². The standard InChI is InChI=1S/C19H35N/c1-15(2)16-11-13-18(14-12-16)19(20-3)17-9-7-5-4-6-8-10-17/h9,15-16,18-20H,4-8,10-14H2,1-3H3. The fourth-order valence-corrected chi connectivity index (χ4v) is 4.37. The summed E-state index contributed by atoms with van der Waals surface area (Å²) in [5.41, 5.74) is 1.74. The molecular weight excluding hydrogens is 242 g/mol. The highest BCUT2D eigenvalue weighted by atomic mass is 14.9. The van der Waals surface area contributed by atoms with Gasteiger partial charge in [-0.1, -0.05) is 38.3 Å². The predicted octanol–water partition coefficient (Wildman–Crippen LogP) is 5.32.